The Morgan fingerprint density at radius 1 is 1.17 bits per heavy atom. The number of carboxylic acids is 1. The minimum atomic E-state index is -0.831. The maximum absolute atomic E-state index is 10.8. The summed E-state index contributed by atoms with van der Waals surface area (Å²) in [5.74, 6) is 0.932. The summed E-state index contributed by atoms with van der Waals surface area (Å²) >= 11 is 0. The van der Waals surface area contributed by atoms with Crippen molar-refractivity contribution in [1.82, 2.24) is 9.97 Å². The predicted octanol–water partition coefficient (Wildman–Crippen LogP) is 3.20. The second-order valence-corrected chi connectivity index (χ2v) is 5.37. The van der Waals surface area contributed by atoms with Crippen LogP contribution in [0.4, 0.5) is 0 Å². The summed E-state index contributed by atoms with van der Waals surface area (Å²) in [5.41, 5.74) is 2.51. The van der Waals surface area contributed by atoms with Crippen molar-refractivity contribution in [2.75, 3.05) is 6.61 Å². The molecule has 0 aliphatic heterocycles. The molecular weight excluding hydrogens is 292 g/mol. The molecule has 118 valence electrons. The Bertz CT molecular complexity index is 796. The van der Waals surface area contributed by atoms with Crippen LogP contribution in [-0.4, -0.2) is 27.7 Å². The van der Waals surface area contributed by atoms with Crippen LogP contribution in [0, 0.1) is 0 Å². The van der Waals surface area contributed by atoms with E-state index in [0.717, 1.165) is 41.0 Å². The number of aromatic amines is 1. The van der Waals surface area contributed by atoms with Gasteiger partial charge in [-0.15, -0.1) is 0 Å². The minimum absolute atomic E-state index is 0.0230. The molecule has 0 radical (unpaired) electrons. The fourth-order valence-electron chi connectivity index (χ4n) is 2.46. The highest BCUT2D eigenvalue weighted by molar-refractivity contribution is 5.78. The summed E-state index contributed by atoms with van der Waals surface area (Å²) in [6.45, 7) is 0.630. The lowest BCUT2D eigenvalue weighted by Gasteiger charge is -2.04. The van der Waals surface area contributed by atoms with Crippen molar-refractivity contribution in [2.24, 2.45) is 0 Å². The van der Waals surface area contributed by atoms with Crippen molar-refractivity contribution in [3.05, 3.63) is 59.9 Å². The number of carboxylic acid groups (broad SMARTS) is 1. The molecule has 0 saturated carbocycles. The van der Waals surface area contributed by atoms with Gasteiger partial charge < -0.3 is 14.8 Å². The van der Waals surface area contributed by atoms with E-state index in [9.17, 15) is 4.79 Å². The van der Waals surface area contributed by atoms with E-state index in [4.69, 9.17) is 9.84 Å². The van der Waals surface area contributed by atoms with Gasteiger partial charge in [-0.05, 0) is 36.2 Å². The SMILES string of the molecule is O=C(O)Cc1ccc2nc(CCCOc3ccccc3)[nH]c2c1. The smallest absolute Gasteiger partial charge is 0.307 e. The standard InChI is InChI=1S/C18H18N2O3/c21-18(22)12-13-8-9-15-16(11-13)20-17(19-15)7-4-10-23-14-5-2-1-3-6-14/h1-3,5-6,8-9,11H,4,7,10,12H2,(H,19,20)(H,21,22). The Labute approximate surface area is 133 Å². The van der Waals surface area contributed by atoms with E-state index in [1.807, 2.05) is 42.5 Å². The summed E-state index contributed by atoms with van der Waals surface area (Å²) in [6, 6.07) is 15.2. The molecule has 0 aliphatic carbocycles. The third kappa shape index (κ3) is 4.10. The van der Waals surface area contributed by atoms with Gasteiger partial charge in [-0.3, -0.25) is 4.79 Å². The molecule has 1 aromatic heterocycles. The van der Waals surface area contributed by atoms with Gasteiger partial charge in [0.2, 0.25) is 0 Å². The lowest BCUT2D eigenvalue weighted by molar-refractivity contribution is -0.136. The number of hydrogen-bond acceptors (Lipinski definition) is 3. The van der Waals surface area contributed by atoms with Crippen molar-refractivity contribution in [2.45, 2.75) is 19.3 Å². The number of imidazole rings is 1. The molecule has 0 fully saturated rings. The number of rotatable bonds is 7. The largest absolute Gasteiger partial charge is 0.494 e. The maximum atomic E-state index is 10.8. The van der Waals surface area contributed by atoms with E-state index in [-0.39, 0.29) is 6.42 Å². The van der Waals surface area contributed by atoms with Crippen LogP contribution in [0.2, 0.25) is 0 Å². The highest BCUT2D eigenvalue weighted by atomic mass is 16.5. The molecule has 2 N–H and O–H groups in total. The van der Waals surface area contributed by atoms with Crippen LogP contribution < -0.4 is 4.74 Å². The second kappa shape index (κ2) is 6.96. The number of benzene rings is 2. The Morgan fingerprint density at radius 3 is 2.78 bits per heavy atom. The monoisotopic (exact) mass is 310 g/mol. The highest BCUT2D eigenvalue weighted by Gasteiger charge is 2.06. The Balaban J connectivity index is 1.57. The van der Waals surface area contributed by atoms with E-state index in [1.165, 1.54) is 0 Å². The van der Waals surface area contributed by atoms with Crippen LogP contribution in [0.3, 0.4) is 0 Å². The molecule has 1 heterocycles. The number of H-pyrrole nitrogens is 1. The van der Waals surface area contributed by atoms with Gasteiger partial charge in [-0.1, -0.05) is 24.3 Å². The molecule has 2 aromatic carbocycles. The zero-order valence-corrected chi connectivity index (χ0v) is 12.7. The Hall–Kier alpha value is -2.82. The normalized spacial score (nSPS) is 10.8. The number of ether oxygens (including phenoxy) is 1. The van der Waals surface area contributed by atoms with Crippen LogP contribution in [0.1, 0.15) is 17.8 Å². The van der Waals surface area contributed by atoms with Gasteiger partial charge in [0.05, 0.1) is 24.1 Å². The molecule has 0 atom stereocenters. The molecule has 0 unspecified atom stereocenters. The van der Waals surface area contributed by atoms with Crippen molar-refractivity contribution in [1.29, 1.82) is 0 Å². The second-order valence-electron chi connectivity index (χ2n) is 5.37. The van der Waals surface area contributed by atoms with Crippen LogP contribution in [0.15, 0.2) is 48.5 Å². The Morgan fingerprint density at radius 2 is 2.00 bits per heavy atom. The van der Waals surface area contributed by atoms with Gasteiger partial charge in [-0.25, -0.2) is 4.98 Å². The maximum Gasteiger partial charge on any atom is 0.307 e. The van der Waals surface area contributed by atoms with Crippen molar-refractivity contribution < 1.29 is 14.6 Å². The lowest BCUT2D eigenvalue weighted by Crippen LogP contribution is -2.00. The first-order valence-corrected chi connectivity index (χ1v) is 7.58. The van der Waals surface area contributed by atoms with Crippen molar-refractivity contribution in [3.63, 3.8) is 0 Å². The molecule has 3 rings (SSSR count). The van der Waals surface area contributed by atoms with Crippen LogP contribution in [0.25, 0.3) is 11.0 Å². The van der Waals surface area contributed by atoms with Gasteiger partial charge >= 0.3 is 5.97 Å². The summed E-state index contributed by atoms with van der Waals surface area (Å²) < 4.78 is 5.66. The van der Waals surface area contributed by atoms with E-state index in [1.54, 1.807) is 6.07 Å². The number of aliphatic carboxylic acids is 1. The third-order valence-electron chi connectivity index (χ3n) is 3.52. The zero-order valence-electron chi connectivity index (χ0n) is 12.7. The number of nitrogens with one attached hydrogen (secondary N) is 1. The van der Waals surface area contributed by atoms with Crippen LogP contribution >= 0.6 is 0 Å². The number of aryl methyl sites for hydroxylation is 1. The number of nitrogens with zero attached hydrogens (tertiary/aromatic N) is 1. The topological polar surface area (TPSA) is 75.2 Å². The lowest BCUT2D eigenvalue weighted by atomic mass is 10.1. The first kappa shape index (κ1) is 15.1. The van der Waals surface area contributed by atoms with Crippen LogP contribution in [0.5, 0.6) is 5.75 Å². The minimum Gasteiger partial charge on any atom is -0.494 e. The van der Waals surface area contributed by atoms with Gasteiger partial charge in [0.15, 0.2) is 0 Å². The number of hydrogen-bond donors (Lipinski definition) is 2. The molecule has 0 spiro atoms. The molecule has 23 heavy (non-hydrogen) atoms. The summed E-state index contributed by atoms with van der Waals surface area (Å²) in [6.07, 6.45) is 1.67. The van der Waals surface area contributed by atoms with Gasteiger partial charge in [0.25, 0.3) is 0 Å². The zero-order chi connectivity index (χ0) is 16.1. The molecular formula is C18H18N2O3. The highest BCUT2D eigenvalue weighted by Crippen LogP contribution is 2.15. The molecule has 0 amide bonds. The fourth-order valence-corrected chi connectivity index (χ4v) is 2.46. The van der Waals surface area contributed by atoms with Crippen molar-refractivity contribution in [3.8, 4) is 5.75 Å². The predicted molar refractivity (Wildman–Crippen MR) is 87.7 cm³/mol. The van der Waals surface area contributed by atoms with Gasteiger partial charge in [-0.2, -0.15) is 0 Å². The molecule has 0 saturated heterocycles. The average Bonchev–Trinajstić information content (AvgIpc) is 2.94. The molecule has 3 aromatic rings. The third-order valence-corrected chi connectivity index (χ3v) is 3.52. The summed E-state index contributed by atoms with van der Waals surface area (Å²) in [5, 5.41) is 8.84. The van der Waals surface area contributed by atoms with Gasteiger partial charge in [0, 0.05) is 6.42 Å². The average molecular weight is 310 g/mol. The number of fused-ring (bicyclic) bond motifs is 1. The van der Waals surface area contributed by atoms with E-state index in [2.05, 4.69) is 9.97 Å². The van der Waals surface area contributed by atoms with E-state index < -0.39 is 5.97 Å². The molecule has 0 aliphatic rings. The van der Waals surface area contributed by atoms with Crippen LogP contribution in [-0.2, 0) is 17.6 Å². The number of carbonyl (C=O) groups is 1. The first-order valence-electron chi connectivity index (χ1n) is 7.58. The molecule has 5 nitrogen and oxygen atoms in total. The molecule has 0 bridgehead atoms. The van der Waals surface area contributed by atoms with Gasteiger partial charge in [0.1, 0.15) is 11.6 Å². The number of aromatic nitrogens is 2. The number of para-hydroxylation sites is 1. The fraction of sp³-hybridized carbons (Fsp3) is 0.222. The van der Waals surface area contributed by atoms with Crippen molar-refractivity contribution >= 4 is 17.0 Å². The van der Waals surface area contributed by atoms with E-state index >= 15 is 0 Å². The summed E-state index contributed by atoms with van der Waals surface area (Å²) in [4.78, 5) is 18.5. The molecule has 5 heteroatoms. The quantitative estimate of drug-likeness (QED) is 0.657. The summed E-state index contributed by atoms with van der Waals surface area (Å²) in [7, 11) is 0. The van der Waals surface area contributed by atoms with E-state index in [0.29, 0.717) is 6.61 Å². The first-order chi connectivity index (χ1) is 11.2. The Kier molecular flexibility index (Phi) is 4.57.